The van der Waals surface area contributed by atoms with Crippen LogP contribution in [-0.4, -0.2) is 24.2 Å². The normalized spacial score (nSPS) is 10.3. The van der Waals surface area contributed by atoms with Gasteiger partial charge in [-0.15, -0.1) is 11.8 Å². The summed E-state index contributed by atoms with van der Waals surface area (Å²) in [6.45, 7) is 3.68. The van der Waals surface area contributed by atoms with Gasteiger partial charge in [0.25, 0.3) is 5.91 Å². The molecule has 6 heteroatoms. The topological polar surface area (TPSA) is 64.6 Å². The lowest BCUT2D eigenvalue weighted by Gasteiger charge is -2.09. The van der Waals surface area contributed by atoms with Crippen molar-refractivity contribution in [3.8, 4) is 11.5 Å². The number of esters is 1. The molecule has 3 aromatic rings. The van der Waals surface area contributed by atoms with Crippen molar-refractivity contribution in [3.63, 3.8) is 0 Å². The third-order valence-corrected chi connectivity index (χ3v) is 5.30. The smallest absolute Gasteiger partial charge is 0.316 e. The molecule has 1 amide bonds. The summed E-state index contributed by atoms with van der Waals surface area (Å²) in [6.07, 6.45) is 0. The Bertz CT molecular complexity index is 1000. The lowest BCUT2D eigenvalue weighted by atomic mass is 10.2. The number of anilines is 1. The van der Waals surface area contributed by atoms with Crippen LogP contribution in [-0.2, 0) is 14.3 Å². The molecule has 154 valence electrons. The Balaban J connectivity index is 1.41. The van der Waals surface area contributed by atoms with Crippen LogP contribution >= 0.6 is 11.8 Å². The summed E-state index contributed by atoms with van der Waals surface area (Å²) in [4.78, 5) is 25.0. The van der Waals surface area contributed by atoms with E-state index in [0.717, 1.165) is 21.8 Å². The van der Waals surface area contributed by atoms with E-state index in [4.69, 9.17) is 9.47 Å². The Labute approximate surface area is 180 Å². The van der Waals surface area contributed by atoms with Crippen molar-refractivity contribution in [2.24, 2.45) is 0 Å². The van der Waals surface area contributed by atoms with E-state index in [2.05, 4.69) is 5.32 Å². The van der Waals surface area contributed by atoms with Crippen molar-refractivity contribution >= 4 is 29.3 Å². The molecule has 0 aromatic heterocycles. The van der Waals surface area contributed by atoms with E-state index in [-0.39, 0.29) is 12.4 Å². The van der Waals surface area contributed by atoms with Crippen molar-refractivity contribution in [1.29, 1.82) is 0 Å². The fraction of sp³-hybridized carbons (Fsp3) is 0.167. The lowest BCUT2D eigenvalue weighted by Crippen LogP contribution is -2.21. The van der Waals surface area contributed by atoms with E-state index in [9.17, 15) is 9.59 Å². The number of amides is 1. The van der Waals surface area contributed by atoms with Crippen molar-refractivity contribution in [2.45, 2.75) is 18.7 Å². The Kier molecular flexibility index (Phi) is 7.51. The number of aryl methyl sites for hydroxylation is 2. The summed E-state index contributed by atoms with van der Waals surface area (Å²) >= 11 is 1.41. The van der Waals surface area contributed by atoms with E-state index >= 15 is 0 Å². The van der Waals surface area contributed by atoms with Gasteiger partial charge in [-0.3, -0.25) is 9.59 Å². The minimum Gasteiger partial charge on any atom is -0.457 e. The first-order valence-corrected chi connectivity index (χ1v) is 10.5. The number of hydrogen-bond acceptors (Lipinski definition) is 5. The van der Waals surface area contributed by atoms with Gasteiger partial charge >= 0.3 is 5.97 Å². The van der Waals surface area contributed by atoms with Crippen LogP contribution in [0.2, 0.25) is 0 Å². The van der Waals surface area contributed by atoms with Gasteiger partial charge in [0.1, 0.15) is 11.5 Å². The van der Waals surface area contributed by atoms with Crippen LogP contribution in [0.1, 0.15) is 11.1 Å². The fourth-order valence-corrected chi connectivity index (χ4v) is 3.54. The summed E-state index contributed by atoms with van der Waals surface area (Å²) < 4.78 is 10.8. The van der Waals surface area contributed by atoms with E-state index in [0.29, 0.717) is 11.4 Å². The number of rotatable bonds is 8. The van der Waals surface area contributed by atoms with Crippen molar-refractivity contribution in [3.05, 3.63) is 83.9 Å². The van der Waals surface area contributed by atoms with Crippen LogP contribution in [0.5, 0.6) is 11.5 Å². The van der Waals surface area contributed by atoms with Crippen molar-refractivity contribution in [2.75, 3.05) is 17.7 Å². The zero-order valence-electron chi connectivity index (χ0n) is 16.9. The van der Waals surface area contributed by atoms with Gasteiger partial charge in [0, 0.05) is 10.6 Å². The summed E-state index contributed by atoms with van der Waals surface area (Å²) in [5, 5.41) is 2.70. The molecule has 3 aromatic carbocycles. The van der Waals surface area contributed by atoms with Gasteiger partial charge in [0.2, 0.25) is 0 Å². The van der Waals surface area contributed by atoms with Gasteiger partial charge in [-0.25, -0.2) is 0 Å². The van der Waals surface area contributed by atoms with Gasteiger partial charge in [0.05, 0.1) is 5.75 Å². The molecule has 0 atom stereocenters. The molecule has 0 fully saturated rings. The van der Waals surface area contributed by atoms with Crippen LogP contribution in [0.25, 0.3) is 0 Å². The highest BCUT2D eigenvalue weighted by Gasteiger charge is 2.10. The Morgan fingerprint density at radius 3 is 2.33 bits per heavy atom. The SMILES string of the molecule is Cc1ccc(C)c(SCC(=O)OCC(=O)Nc2ccc(Oc3ccccc3)cc2)c1. The van der Waals surface area contributed by atoms with Crippen LogP contribution in [0, 0.1) is 13.8 Å². The molecule has 0 spiro atoms. The van der Waals surface area contributed by atoms with Gasteiger partial charge < -0.3 is 14.8 Å². The van der Waals surface area contributed by atoms with Crippen LogP contribution in [0.4, 0.5) is 5.69 Å². The largest absolute Gasteiger partial charge is 0.457 e. The summed E-state index contributed by atoms with van der Waals surface area (Å²) in [5.74, 6) is 0.733. The predicted molar refractivity (Wildman–Crippen MR) is 119 cm³/mol. The molecule has 0 aliphatic rings. The molecule has 0 bridgehead atoms. The molecular formula is C24H23NO4S. The van der Waals surface area contributed by atoms with E-state index in [1.54, 1.807) is 24.3 Å². The van der Waals surface area contributed by atoms with E-state index in [1.807, 2.05) is 62.4 Å². The standard InChI is InChI=1S/C24H23NO4S/c1-17-8-9-18(2)22(14-17)30-16-24(27)28-15-23(26)25-19-10-12-21(13-11-19)29-20-6-4-3-5-7-20/h3-14H,15-16H2,1-2H3,(H,25,26). The summed E-state index contributed by atoms with van der Waals surface area (Å²) in [5.41, 5.74) is 2.84. The maximum absolute atomic E-state index is 12.0. The quantitative estimate of drug-likeness (QED) is 0.391. The molecule has 0 saturated heterocycles. The number of carbonyl (C=O) groups excluding carboxylic acids is 2. The fourth-order valence-electron chi connectivity index (χ4n) is 2.62. The number of hydrogen-bond donors (Lipinski definition) is 1. The number of thioether (sulfide) groups is 1. The predicted octanol–water partition coefficient (Wildman–Crippen LogP) is 5.37. The second-order valence-electron chi connectivity index (χ2n) is 6.71. The van der Waals surface area contributed by atoms with Crippen LogP contribution in [0.15, 0.2) is 77.7 Å². The van der Waals surface area contributed by atoms with Crippen molar-refractivity contribution < 1.29 is 19.1 Å². The highest BCUT2D eigenvalue weighted by molar-refractivity contribution is 8.00. The Hall–Kier alpha value is -3.25. The summed E-state index contributed by atoms with van der Waals surface area (Å²) in [7, 11) is 0. The Morgan fingerprint density at radius 1 is 0.900 bits per heavy atom. The molecule has 0 aliphatic heterocycles. The highest BCUT2D eigenvalue weighted by atomic mass is 32.2. The molecule has 5 nitrogen and oxygen atoms in total. The second-order valence-corrected chi connectivity index (χ2v) is 7.72. The maximum atomic E-state index is 12.0. The molecule has 0 aliphatic carbocycles. The first-order chi connectivity index (χ1) is 14.5. The monoisotopic (exact) mass is 421 g/mol. The molecule has 0 saturated carbocycles. The molecule has 3 rings (SSSR count). The zero-order valence-corrected chi connectivity index (χ0v) is 17.7. The third-order valence-electron chi connectivity index (χ3n) is 4.17. The lowest BCUT2D eigenvalue weighted by molar-refractivity contribution is -0.144. The molecule has 0 radical (unpaired) electrons. The minimum atomic E-state index is -0.428. The van der Waals surface area contributed by atoms with E-state index in [1.165, 1.54) is 11.8 Å². The summed E-state index contributed by atoms with van der Waals surface area (Å²) in [6, 6.07) is 22.5. The van der Waals surface area contributed by atoms with Crippen LogP contribution < -0.4 is 10.1 Å². The number of ether oxygens (including phenoxy) is 2. The van der Waals surface area contributed by atoms with Gasteiger partial charge in [-0.2, -0.15) is 0 Å². The van der Waals surface area contributed by atoms with Crippen molar-refractivity contribution in [1.82, 2.24) is 0 Å². The number of carbonyl (C=O) groups is 2. The Morgan fingerprint density at radius 2 is 1.60 bits per heavy atom. The number of nitrogens with one attached hydrogen (secondary N) is 1. The highest BCUT2D eigenvalue weighted by Crippen LogP contribution is 2.24. The van der Waals surface area contributed by atoms with Crippen LogP contribution in [0.3, 0.4) is 0 Å². The average molecular weight is 422 g/mol. The first kappa shape index (κ1) is 21.5. The van der Waals surface area contributed by atoms with Gasteiger partial charge in [-0.1, -0.05) is 35.9 Å². The van der Waals surface area contributed by atoms with Gasteiger partial charge in [0.15, 0.2) is 6.61 Å². The molecule has 0 heterocycles. The first-order valence-electron chi connectivity index (χ1n) is 9.48. The third kappa shape index (κ3) is 6.67. The molecule has 1 N–H and O–H groups in total. The second kappa shape index (κ2) is 10.5. The number of benzene rings is 3. The minimum absolute atomic E-state index is 0.156. The molecule has 30 heavy (non-hydrogen) atoms. The van der Waals surface area contributed by atoms with Gasteiger partial charge in [-0.05, 0) is 61.9 Å². The van der Waals surface area contributed by atoms with E-state index < -0.39 is 11.9 Å². The maximum Gasteiger partial charge on any atom is 0.316 e. The zero-order chi connectivity index (χ0) is 21.3. The molecular weight excluding hydrogens is 398 g/mol. The molecule has 0 unspecified atom stereocenters. The average Bonchev–Trinajstić information content (AvgIpc) is 2.75. The number of para-hydroxylation sites is 1.